The molecule has 2 rings (SSSR count). The molecule has 0 radical (unpaired) electrons. The van der Waals surface area contributed by atoms with E-state index in [-0.39, 0.29) is 28.4 Å². The van der Waals surface area contributed by atoms with E-state index < -0.39 is 0 Å². The predicted octanol–water partition coefficient (Wildman–Crippen LogP) is 2.61. The van der Waals surface area contributed by atoms with Crippen molar-refractivity contribution < 1.29 is 15.0 Å². The largest absolute Gasteiger partial charge is 0.504 e. The van der Waals surface area contributed by atoms with E-state index in [0.29, 0.717) is 19.0 Å². The molecule has 1 amide bonds. The quantitative estimate of drug-likeness (QED) is 0.766. The van der Waals surface area contributed by atoms with Gasteiger partial charge in [-0.3, -0.25) is 4.79 Å². The number of benzene rings is 1. The van der Waals surface area contributed by atoms with Crippen molar-refractivity contribution >= 4 is 5.91 Å². The SMILES string of the molecule is CC(C)(C)C1CCN(C(=O)c2cccc(O)c2O)C1. The van der Waals surface area contributed by atoms with Crippen LogP contribution in [-0.4, -0.2) is 34.1 Å². The van der Waals surface area contributed by atoms with Gasteiger partial charge in [0.25, 0.3) is 5.91 Å². The third-order valence-electron chi connectivity index (χ3n) is 3.95. The smallest absolute Gasteiger partial charge is 0.257 e. The minimum Gasteiger partial charge on any atom is -0.504 e. The normalized spacial score (nSPS) is 19.7. The maximum Gasteiger partial charge on any atom is 0.257 e. The Bertz CT molecular complexity index is 491. The molecular weight excluding hydrogens is 242 g/mol. The van der Waals surface area contributed by atoms with E-state index >= 15 is 0 Å². The number of carbonyl (C=O) groups excluding carboxylic acids is 1. The van der Waals surface area contributed by atoms with Crippen LogP contribution in [0.2, 0.25) is 0 Å². The lowest BCUT2D eigenvalue weighted by Gasteiger charge is -2.27. The summed E-state index contributed by atoms with van der Waals surface area (Å²) in [6.45, 7) is 7.94. The standard InChI is InChI=1S/C15H21NO3/c1-15(2,3)10-7-8-16(9-10)14(19)11-5-4-6-12(17)13(11)18/h4-6,10,17-18H,7-9H2,1-3H3. The first-order valence-electron chi connectivity index (χ1n) is 6.61. The van der Waals surface area contributed by atoms with Crippen LogP contribution in [0.1, 0.15) is 37.6 Å². The molecule has 4 heteroatoms. The van der Waals surface area contributed by atoms with E-state index in [4.69, 9.17) is 0 Å². The van der Waals surface area contributed by atoms with E-state index in [0.717, 1.165) is 6.42 Å². The predicted molar refractivity (Wildman–Crippen MR) is 73.2 cm³/mol. The summed E-state index contributed by atoms with van der Waals surface area (Å²) in [7, 11) is 0. The third kappa shape index (κ3) is 2.67. The summed E-state index contributed by atoms with van der Waals surface area (Å²) in [5.41, 5.74) is 0.352. The Morgan fingerprint density at radius 1 is 1.32 bits per heavy atom. The van der Waals surface area contributed by atoms with Crippen molar-refractivity contribution in [3.8, 4) is 11.5 Å². The Hall–Kier alpha value is -1.71. The first-order chi connectivity index (χ1) is 8.80. The zero-order chi connectivity index (χ0) is 14.2. The van der Waals surface area contributed by atoms with Gasteiger partial charge in [0.2, 0.25) is 0 Å². The molecule has 1 saturated heterocycles. The Kier molecular flexibility index (Phi) is 3.43. The fourth-order valence-corrected chi connectivity index (χ4v) is 2.53. The molecule has 1 aliphatic heterocycles. The number of rotatable bonds is 1. The van der Waals surface area contributed by atoms with Crippen molar-refractivity contribution in [2.45, 2.75) is 27.2 Å². The molecule has 104 valence electrons. The van der Waals surface area contributed by atoms with Crippen LogP contribution in [0, 0.1) is 11.3 Å². The highest BCUT2D eigenvalue weighted by Crippen LogP contribution is 2.35. The molecule has 1 heterocycles. The number of carbonyl (C=O) groups is 1. The number of aromatic hydroxyl groups is 2. The summed E-state index contributed by atoms with van der Waals surface area (Å²) in [5.74, 6) is -0.319. The van der Waals surface area contributed by atoms with Crippen molar-refractivity contribution in [2.75, 3.05) is 13.1 Å². The Balaban J connectivity index is 2.16. The third-order valence-corrected chi connectivity index (χ3v) is 3.95. The molecule has 4 nitrogen and oxygen atoms in total. The van der Waals surface area contributed by atoms with Crippen LogP contribution in [0.25, 0.3) is 0 Å². The average molecular weight is 263 g/mol. The molecule has 0 bridgehead atoms. The van der Waals surface area contributed by atoms with Gasteiger partial charge in [-0.2, -0.15) is 0 Å². The zero-order valence-electron chi connectivity index (χ0n) is 11.7. The van der Waals surface area contributed by atoms with Crippen molar-refractivity contribution in [2.24, 2.45) is 11.3 Å². The highest BCUT2D eigenvalue weighted by Gasteiger charge is 2.34. The lowest BCUT2D eigenvalue weighted by Crippen LogP contribution is -2.31. The van der Waals surface area contributed by atoms with Gasteiger partial charge in [0.15, 0.2) is 11.5 Å². The maximum absolute atomic E-state index is 12.3. The van der Waals surface area contributed by atoms with E-state index in [1.165, 1.54) is 6.07 Å². The Morgan fingerprint density at radius 2 is 2.00 bits per heavy atom. The van der Waals surface area contributed by atoms with Gasteiger partial charge in [0.1, 0.15) is 0 Å². The summed E-state index contributed by atoms with van der Waals surface area (Å²) in [4.78, 5) is 14.1. The first kappa shape index (κ1) is 13.7. The van der Waals surface area contributed by atoms with Gasteiger partial charge in [-0.25, -0.2) is 0 Å². The molecule has 0 aliphatic carbocycles. The average Bonchev–Trinajstić information content (AvgIpc) is 2.81. The molecular formula is C15H21NO3. The summed E-state index contributed by atoms with van der Waals surface area (Å²) in [6.07, 6.45) is 0.981. The van der Waals surface area contributed by atoms with Crippen molar-refractivity contribution in [3.05, 3.63) is 23.8 Å². The van der Waals surface area contributed by atoms with Crippen LogP contribution in [0.4, 0.5) is 0 Å². The minimum absolute atomic E-state index is 0.176. The van der Waals surface area contributed by atoms with Crippen LogP contribution < -0.4 is 0 Å². The second-order valence-corrected chi connectivity index (χ2v) is 6.28. The van der Waals surface area contributed by atoms with Gasteiger partial charge in [0, 0.05) is 13.1 Å². The number of phenolic OH excluding ortho intramolecular Hbond substituents is 2. The summed E-state index contributed by atoms with van der Waals surface area (Å²) in [6, 6.07) is 4.48. The van der Waals surface area contributed by atoms with Crippen molar-refractivity contribution in [1.29, 1.82) is 0 Å². The van der Waals surface area contributed by atoms with Crippen molar-refractivity contribution in [3.63, 3.8) is 0 Å². The van der Waals surface area contributed by atoms with Crippen LogP contribution in [0.5, 0.6) is 11.5 Å². The monoisotopic (exact) mass is 263 g/mol. The van der Waals surface area contributed by atoms with Crippen LogP contribution in [-0.2, 0) is 0 Å². The fourth-order valence-electron chi connectivity index (χ4n) is 2.53. The first-order valence-corrected chi connectivity index (χ1v) is 6.61. The highest BCUT2D eigenvalue weighted by atomic mass is 16.3. The molecule has 0 spiro atoms. The number of para-hydroxylation sites is 1. The Morgan fingerprint density at radius 3 is 2.58 bits per heavy atom. The van der Waals surface area contributed by atoms with Gasteiger partial charge in [-0.1, -0.05) is 26.8 Å². The molecule has 19 heavy (non-hydrogen) atoms. The molecule has 1 aliphatic rings. The van der Waals surface area contributed by atoms with E-state index in [2.05, 4.69) is 20.8 Å². The highest BCUT2D eigenvalue weighted by molar-refractivity contribution is 5.97. The molecule has 0 saturated carbocycles. The number of hydrogen-bond acceptors (Lipinski definition) is 3. The van der Waals surface area contributed by atoms with E-state index in [1.54, 1.807) is 17.0 Å². The topological polar surface area (TPSA) is 60.8 Å². The summed E-state index contributed by atoms with van der Waals surface area (Å²) < 4.78 is 0. The molecule has 1 unspecified atom stereocenters. The van der Waals surface area contributed by atoms with Gasteiger partial charge in [-0.05, 0) is 29.9 Å². The number of amides is 1. The van der Waals surface area contributed by atoms with Gasteiger partial charge in [0.05, 0.1) is 5.56 Å². The number of likely N-dealkylation sites (tertiary alicyclic amines) is 1. The van der Waals surface area contributed by atoms with Gasteiger partial charge < -0.3 is 15.1 Å². The van der Waals surface area contributed by atoms with Crippen LogP contribution in [0.15, 0.2) is 18.2 Å². The fraction of sp³-hybridized carbons (Fsp3) is 0.533. The van der Waals surface area contributed by atoms with Gasteiger partial charge in [-0.15, -0.1) is 0 Å². The summed E-state index contributed by atoms with van der Waals surface area (Å²) >= 11 is 0. The van der Waals surface area contributed by atoms with E-state index in [1.807, 2.05) is 0 Å². The molecule has 0 aromatic heterocycles. The maximum atomic E-state index is 12.3. The van der Waals surface area contributed by atoms with Crippen molar-refractivity contribution in [1.82, 2.24) is 4.90 Å². The number of hydrogen-bond donors (Lipinski definition) is 2. The lowest BCUT2D eigenvalue weighted by atomic mass is 9.80. The van der Waals surface area contributed by atoms with Crippen LogP contribution in [0.3, 0.4) is 0 Å². The summed E-state index contributed by atoms with van der Waals surface area (Å²) in [5, 5.41) is 19.2. The molecule has 1 aromatic carbocycles. The second kappa shape index (κ2) is 4.76. The molecule has 2 N–H and O–H groups in total. The lowest BCUT2D eigenvalue weighted by molar-refractivity contribution is 0.0773. The minimum atomic E-state index is -0.327. The number of nitrogens with zero attached hydrogens (tertiary/aromatic N) is 1. The zero-order valence-corrected chi connectivity index (χ0v) is 11.7. The molecule has 1 fully saturated rings. The molecule has 1 atom stereocenters. The Labute approximate surface area is 113 Å². The van der Waals surface area contributed by atoms with Gasteiger partial charge >= 0.3 is 0 Å². The second-order valence-electron chi connectivity index (χ2n) is 6.28. The van der Waals surface area contributed by atoms with Crippen LogP contribution >= 0.6 is 0 Å². The molecule has 1 aromatic rings. The number of phenols is 2. The van der Waals surface area contributed by atoms with E-state index in [9.17, 15) is 15.0 Å².